The first-order valence-corrected chi connectivity index (χ1v) is 6.84. The van der Waals surface area contributed by atoms with E-state index >= 15 is 0 Å². The second-order valence-electron chi connectivity index (χ2n) is 3.84. The Kier molecular flexibility index (Phi) is 4.23. The lowest BCUT2D eigenvalue weighted by atomic mass is 10.1. The molecule has 2 aromatic rings. The first kappa shape index (κ1) is 12.9. The van der Waals surface area contributed by atoms with E-state index in [0.717, 1.165) is 6.42 Å². The molecular weight excluding hydrogens is 268 g/mol. The molecule has 3 N–H and O–H groups in total. The molecule has 3 nitrogen and oxygen atoms in total. The molecule has 0 unspecified atom stereocenters. The van der Waals surface area contributed by atoms with Crippen molar-refractivity contribution in [3.63, 3.8) is 0 Å². The molecule has 1 amide bonds. The molecule has 0 radical (unpaired) electrons. The van der Waals surface area contributed by atoms with Crippen LogP contribution in [0.4, 0.5) is 5.69 Å². The van der Waals surface area contributed by atoms with Gasteiger partial charge in [-0.2, -0.15) is 11.3 Å². The summed E-state index contributed by atoms with van der Waals surface area (Å²) in [5, 5.41) is 7.32. The Morgan fingerprint density at radius 1 is 1.39 bits per heavy atom. The number of halogens is 1. The van der Waals surface area contributed by atoms with Crippen molar-refractivity contribution in [1.82, 2.24) is 5.32 Å². The first-order chi connectivity index (χ1) is 8.68. The van der Waals surface area contributed by atoms with Crippen LogP contribution in [-0.4, -0.2) is 12.5 Å². The van der Waals surface area contributed by atoms with Gasteiger partial charge < -0.3 is 11.1 Å². The molecule has 0 aliphatic heterocycles. The average molecular weight is 281 g/mol. The van der Waals surface area contributed by atoms with Crippen LogP contribution in [0.3, 0.4) is 0 Å². The Hall–Kier alpha value is -1.52. The highest BCUT2D eigenvalue weighted by molar-refractivity contribution is 7.07. The maximum atomic E-state index is 11.9. The molecule has 2 rings (SSSR count). The van der Waals surface area contributed by atoms with Gasteiger partial charge in [0.05, 0.1) is 16.3 Å². The van der Waals surface area contributed by atoms with Gasteiger partial charge in [0, 0.05) is 6.54 Å². The van der Waals surface area contributed by atoms with Crippen LogP contribution in [-0.2, 0) is 6.42 Å². The third kappa shape index (κ3) is 3.03. The van der Waals surface area contributed by atoms with Gasteiger partial charge in [0.2, 0.25) is 0 Å². The third-order valence-electron chi connectivity index (χ3n) is 2.58. The number of carbonyl (C=O) groups is 1. The summed E-state index contributed by atoms with van der Waals surface area (Å²) in [7, 11) is 0. The number of carbonyl (C=O) groups excluding carboxylic acids is 1. The van der Waals surface area contributed by atoms with Gasteiger partial charge in [-0.15, -0.1) is 0 Å². The van der Waals surface area contributed by atoms with Crippen molar-refractivity contribution < 1.29 is 4.79 Å². The molecule has 0 bridgehead atoms. The fraction of sp³-hybridized carbons (Fsp3) is 0.154. The zero-order valence-corrected chi connectivity index (χ0v) is 11.2. The summed E-state index contributed by atoms with van der Waals surface area (Å²) in [4.78, 5) is 11.9. The second-order valence-corrected chi connectivity index (χ2v) is 5.03. The van der Waals surface area contributed by atoms with Gasteiger partial charge in [-0.05, 0) is 40.9 Å². The number of nitrogens with two attached hydrogens (primary N) is 1. The fourth-order valence-corrected chi connectivity index (χ4v) is 2.46. The standard InChI is InChI=1S/C13H13ClN2OS/c14-11-3-1-2-10(12(11)15)13(17)16-6-4-9-5-7-18-8-9/h1-3,5,7-8H,4,6,15H2,(H,16,17). The van der Waals surface area contributed by atoms with Gasteiger partial charge in [-0.3, -0.25) is 4.79 Å². The molecule has 1 aromatic carbocycles. The molecule has 0 aliphatic carbocycles. The van der Waals surface area contributed by atoms with Gasteiger partial charge in [0.25, 0.3) is 5.91 Å². The molecule has 0 spiro atoms. The van der Waals surface area contributed by atoms with Crippen LogP contribution in [0.5, 0.6) is 0 Å². The summed E-state index contributed by atoms with van der Waals surface area (Å²) in [6, 6.07) is 7.09. The van der Waals surface area contributed by atoms with E-state index in [1.54, 1.807) is 29.5 Å². The second kappa shape index (κ2) is 5.89. The number of hydrogen-bond acceptors (Lipinski definition) is 3. The Morgan fingerprint density at radius 2 is 2.22 bits per heavy atom. The van der Waals surface area contributed by atoms with Gasteiger partial charge in [0.1, 0.15) is 0 Å². The third-order valence-corrected chi connectivity index (χ3v) is 3.64. The van der Waals surface area contributed by atoms with Gasteiger partial charge in [-0.1, -0.05) is 17.7 Å². The SMILES string of the molecule is Nc1c(Cl)cccc1C(=O)NCCc1ccsc1. The number of para-hydroxylation sites is 1. The predicted molar refractivity (Wildman–Crippen MR) is 76.2 cm³/mol. The minimum Gasteiger partial charge on any atom is -0.397 e. The Labute approximate surface area is 115 Å². The molecule has 0 fully saturated rings. The lowest BCUT2D eigenvalue weighted by Gasteiger charge is -2.08. The molecule has 0 atom stereocenters. The smallest absolute Gasteiger partial charge is 0.253 e. The largest absolute Gasteiger partial charge is 0.397 e. The van der Waals surface area contributed by atoms with Crippen LogP contribution in [0, 0.1) is 0 Å². The number of amides is 1. The minimum atomic E-state index is -0.190. The van der Waals surface area contributed by atoms with Gasteiger partial charge >= 0.3 is 0 Å². The van der Waals surface area contributed by atoms with Gasteiger partial charge in [-0.25, -0.2) is 0 Å². The summed E-state index contributed by atoms with van der Waals surface area (Å²) >= 11 is 7.52. The number of rotatable bonds is 4. The number of hydrogen-bond donors (Lipinski definition) is 2. The van der Waals surface area contributed by atoms with E-state index in [2.05, 4.69) is 10.7 Å². The molecule has 5 heteroatoms. The van der Waals surface area contributed by atoms with Crippen LogP contribution in [0.1, 0.15) is 15.9 Å². The monoisotopic (exact) mass is 280 g/mol. The first-order valence-electron chi connectivity index (χ1n) is 5.51. The summed E-state index contributed by atoms with van der Waals surface area (Å²) in [5.41, 5.74) is 7.73. The van der Waals surface area contributed by atoms with E-state index in [-0.39, 0.29) is 5.91 Å². The molecule has 1 heterocycles. The number of thiophene rings is 1. The maximum Gasteiger partial charge on any atom is 0.253 e. The number of nitrogen functional groups attached to an aromatic ring is 1. The molecular formula is C13H13ClN2OS. The fourth-order valence-electron chi connectivity index (χ4n) is 1.59. The van der Waals surface area contributed by atoms with Crippen molar-refractivity contribution in [2.45, 2.75) is 6.42 Å². The van der Waals surface area contributed by atoms with Crippen molar-refractivity contribution in [2.24, 2.45) is 0 Å². The average Bonchev–Trinajstić information content (AvgIpc) is 2.85. The molecule has 0 aliphatic rings. The van der Waals surface area contributed by atoms with Crippen LogP contribution >= 0.6 is 22.9 Å². The van der Waals surface area contributed by atoms with Crippen LogP contribution in [0.2, 0.25) is 5.02 Å². The van der Waals surface area contributed by atoms with E-state index in [1.165, 1.54) is 5.56 Å². The number of anilines is 1. The van der Waals surface area contributed by atoms with Crippen molar-refractivity contribution >= 4 is 34.5 Å². The van der Waals surface area contributed by atoms with E-state index in [9.17, 15) is 4.79 Å². The highest BCUT2D eigenvalue weighted by Crippen LogP contribution is 2.22. The Bertz CT molecular complexity index is 540. The number of benzene rings is 1. The van der Waals surface area contributed by atoms with E-state index < -0.39 is 0 Å². The lowest BCUT2D eigenvalue weighted by molar-refractivity contribution is 0.0955. The summed E-state index contributed by atoms with van der Waals surface area (Å²) in [6.07, 6.45) is 0.815. The van der Waals surface area contributed by atoms with Crippen molar-refractivity contribution in [2.75, 3.05) is 12.3 Å². The topological polar surface area (TPSA) is 55.1 Å². The Morgan fingerprint density at radius 3 is 2.94 bits per heavy atom. The van der Waals surface area contributed by atoms with E-state index in [1.807, 2.05) is 11.4 Å². The minimum absolute atomic E-state index is 0.190. The highest BCUT2D eigenvalue weighted by atomic mass is 35.5. The zero-order valence-electron chi connectivity index (χ0n) is 9.65. The van der Waals surface area contributed by atoms with Crippen molar-refractivity contribution in [1.29, 1.82) is 0 Å². The normalized spacial score (nSPS) is 10.3. The quantitative estimate of drug-likeness (QED) is 0.846. The molecule has 18 heavy (non-hydrogen) atoms. The van der Waals surface area contributed by atoms with Crippen LogP contribution < -0.4 is 11.1 Å². The molecule has 1 aromatic heterocycles. The molecule has 0 saturated heterocycles. The highest BCUT2D eigenvalue weighted by Gasteiger charge is 2.10. The summed E-state index contributed by atoms with van der Waals surface area (Å²) < 4.78 is 0. The van der Waals surface area contributed by atoms with Crippen molar-refractivity contribution in [3.8, 4) is 0 Å². The maximum absolute atomic E-state index is 11.9. The van der Waals surface area contributed by atoms with E-state index in [4.69, 9.17) is 17.3 Å². The van der Waals surface area contributed by atoms with Crippen LogP contribution in [0.25, 0.3) is 0 Å². The summed E-state index contributed by atoms with van der Waals surface area (Å²) in [5.74, 6) is -0.190. The lowest BCUT2D eigenvalue weighted by Crippen LogP contribution is -2.26. The summed E-state index contributed by atoms with van der Waals surface area (Å²) in [6.45, 7) is 0.585. The predicted octanol–water partition coefficient (Wildman–Crippen LogP) is 2.96. The Balaban J connectivity index is 1.93. The van der Waals surface area contributed by atoms with Crippen LogP contribution in [0.15, 0.2) is 35.0 Å². The molecule has 0 saturated carbocycles. The molecule has 94 valence electrons. The number of nitrogens with one attached hydrogen (secondary N) is 1. The van der Waals surface area contributed by atoms with Gasteiger partial charge in [0.15, 0.2) is 0 Å². The van der Waals surface area contributed by atoms with E-state index in [0.29, 0.717) is 22.8 Å². The zero-order chi connectivity index (χ0) is 13.0. The van der Waals surface area contributed by atoms with Crippen molar-refractivity contribution in [3.05, 3.63) is 51.2 Å².